The first-order chi connectivity index (χ1) is 7.95. The lowest BCUT2D eigenvalue weighted by atomic mass is 9.97. The lowest BCUT2D eigenvalue weighted by molar-refractivity contribution is 0.336. The predicted octanol–water partition coefficient (Wildman–Crippen LogP) is 4.17. The molecule has 1 atom stereocenters. The molecule has 1 aromatic rings. The van der Waals surface area contributed by atoms with Gasteiger partial charge in [-0.2, -0.15) is 0 Å². The number of rotatable bonds is 5. The van der Waals surface area contributed by atoms with Crippen LogP contribution in [-0.2, 0) is 6.42 Å². The Morgan fingerprint density at radius 2 is 1.89 bits per heavy atom. The fourth-order valence-corrected chi connectivity index (χ4v) is 2.11. The second-order valence-corrected chi connectivity index (χ2v) is 5.17. The number of hydrogen-bond donors (Lipinski definition) is 1. The van der Waals surface area contributed by atoms with Gasteiger partial charge in [0.1, 0.15) is 5.75 Å². The molecular weight excluding hydrogens is 269 g/mol. The average molecular weight is 292 g/mol. The van der Waals surface area contributed by atoms with Gasteiger partial charge in [0.25, 0.3) is 0 Å². The molecule has 104 valence electrons. The number of nitrogens with two attached hydrogens (primary N) is 1. The Hall–Kier alpha value is -0.440. The Kier molecular flexibility index (Phi) is 7.69. The second-order valence-electron chi connectivity index (χ2n) is 4.76. The van der Waals surface area contributed by atoms with Gasteiger partial charge < -0.3 is 10.5 Å². The van der Waals surface area contributed by atoms with Crippen LogP contribution in [0.1, 0.15) is 44.7 Å². The van der Waals surface area contributed by atoms with Crippen molar-refractivity contribution in [2.24, 2.45) is 5.73 Å². The molecule has 1 unspecified atom stereocenters. The predicted molar refractivity (Wildman–Crippen MR) is 81.3 cm³/mol. The minimum Gasteiger partial charge on any atom is -0.492 e. The highest BCUT2D eigenvalue weighted by Crippen LogP contribution is 2.33. The highest BCUT2D eigenvalue weighted by Gasteiger charge is 2.13. The second kappa shape index (κ2) is 7.88. The Morgan fingerprint density at radius 1 is 1.28 bits per heavy atom. The van der Waals surface area contributed by atoms with Gasteiger partial charge in [-0.3, -0.25) is 0 Å². The van der Waals surface area contributed by atoms with E-state index >= 15 is 0 Å². The maximum atomic E-state index is 6.28. The lowest BCUT2D eigenvalue weighted by Gasteiger charge is -2.17. The van der Waals surface area contributed by atoms with Crippen molar-refractivity contribution in [1.29, 1.82) is 0 Å². The molecule has 0 spiro atoms. The maximum absolute atomic E-state index is 6.28. The zero-order chi connectivity index (χ0) is 13.0. The molecule has 1 aromatic carbocycles. The molecule has 0 fully saturated rings. The van der Waals surface area contributed by atoms with Crippen LogP contribution >= 0.6 is 24.0 Å². The molecule has 4 heteroatoms. The summed E-state index contributed by atoms with van der Waals surface area (Å²) >= 11 is 6.28. The van der Waals surface area contributed by atoms with E-state index in [9.17, 15) is 0 Å². The normalized spacial score (nSPS) is 12.2. The first-order valence-electron chi connectivity index (χ1n) is 6.16. The van der Waals surface area contributed by atoms with Gasteiger partial charge in [0, 0.05) is 6.04 Å². The van der Waals surface area contributed by atoms with E-state index in [2.05, 4.69) is 19.9 Å². The summed E-state index contributed by atoms with van der Waals surface area (Å²) in [6.07, 6.45) is 0.787. The van der Waals surface area contributed by atoms with E-state index in [1.807, 2.05) is 19.9 Å². The highest BCUT2D eigenvalue weighted by molar-refractivity contribution is 6.32. The molecule has 0 bridgehead atoms. The molecule has 0 heterocycles. The maximum Gasteiger partial charge on any atom is 0.141 e. The van der Waals surface area contributed by atoms with Crippen molar-refractivity contribution in [3.8, 4) is 5.75 Å². The van der Waals surface area contributed by atoms with Crippen LogP contribution in [0, 0.1) is 0 Å². The summed E-state index contributed by atoms with van der Waals surface area (Å²) in [6.45, 7) is 8.88. The quantitative estimate of drug-likeness (QED) is 0.883. The molecule has 0 aliphatic heterocycles. The van der Waals surface area contributed by atoms with E-state index in [1.165, 1.54) is 5.56 Å². The molecule has 0 aromatic heterocycles. The van der Waals surface area contributed by atoms with Crippen molar-refractivity contribution >= 4 is 24.0 Å². The standard InChI is InChI=1S/C14H22ClNO.ClH/c1-5-17-14-12(6-10(4)16)7-11(9(2)3)8-13(14)15;/h7-10H,5-6,16H2,1-4H3;1H. The molecule has 1 rings (SSSR count). The zero-order valence-electron chi connectivity index (χ0n) is 11.5. The van der Waals surface area contributed by atoms with E-state index in [4.69, 9.17) is 22.1 Å². The van der Waals surface area contributed by atoms with E-state index in [0.717, 1.165) is 17.7 Å². The summed E-state index contributed by atoms with van der Waals surface area (Å²) in [5.74, 6) is 1.24. The molecule has 0 saturated heterocycles. The van der Waals surface area contributed by atoms with Crippen LogP contribution in [0.5, 0.6) is 5.75 Å². The van der Waals surface area contributed by atoms with Crippen LogP contribution in [0.2, 0.25) is 5.02 Å². The minimum absolute atomic E-state index is 0. The van der Waals surface area contributed by atoms with Gasteiger partial charge in [-0.05, 0) is 43.4 Å². The van der Waals surface area contributed by atoms with Crippen LogP contribution in [0.4, 0.5) is 0 Å². The molecule has 0 aliphatic carbocycles. The van der Waals surface area contributed by atoms with Crippen molar-refractivity contribution in [3.05, 3.63) is 28.3 Å². The monoisotopic (exact) mass is 291 g/mol. The molecular formula is C14H23Cl2NO. The Bertz CT molecular complexity index is 378. The van der Waals surface area contributed by atoms with Crippen molar-refractivity contribution in [2.45, 2.75) is 46.1 Å². The largest absolute Gasteiger partial charge is 0.492 e. The summed E-state index contributed by atoms with van der Waals surface area (Å²) < 4.78 is 5.62. The Morgan fingerprint density at radius 3 is 2.33 bits per heavy atom. The summed E-state index contributed by atoms with van der Waals surface area (Å²) in [4.78, 5) is 0. The summed E-state index contributed by atoms with van der Waals surface area (Å²) in [7, 11) is 0. The van der Waals surface area contributed by atoms with Crippen molar-refractivity contribution < 1.29 is 4.74 Å². The molecule has 18 heavy (non-hydrogen) atoms. The van der Waals surface area contributed by atoms with Crippen LogP contribution in [0.3, 0.4) is 0 Å². The van der Waals surface area contributed by atoms with Crippen LogP contribution in [0.25, 0.3) is 0 Å². The van der Waals surface area contributed by atoms with Gasteiger partial charge in [0.2, 0.25) is 0 Å². The summed E-state index contributed by atoms with van der Waals surface area (Å²) in [6, 6.07) is 4.25. The van der Waals surface area contributed by atoms with Crippen LogP contribution < -0.4 is 10.5 Å². The smallest absolute Gasteiger partial charge is 0.141 e. The van der Waals surface area contributed by atoms with Crippen molar-refractivity contribution in [3.63, 3.8) is 0 Å². The van der Waals surface area contributed by atoms with E-state index in [1.54, 1.807) is 0 Å². The third-order valence-electron chi connectivity index (χ3n) is 2.64. The van der Waals surface area contributed by atoms with Gasteiger partial charge in [-0.25, -0.2) is 0 Å². The Balaban J connectivity index is 0.00000289. The molecule has 0 radical (unpaired) electrons. The van der Waals surface area contributed by atoms with Crippen LogP contribution in [0.15, 0.2) is 12.1 Å². The van der Waals surface area contributed by atoms with Gasteiger partial charge in [0.05, 0.1) is 11.6 Å². The molecule has 2 N–H and O–H groups in total. The van der Waals surface area contributed by atoms with Gasteiger partial charge >= 0.3 is 0 Å². The topological polar surface area (TPSA) is 35.2 Å². The highest BCUT2D eigenvalue weighted by atomic mass is 35.5. The average Bonchev–Trinajstić information content (AvgIpc) is 2.21. The van der Waals surface area contributed by atoms with Crippen molar-refractivity contribution in [1.82, 2.24) is 0 Å². The van der Waals surface area contributed by atoms with E-state index in [-0.39, 0.29) is 18.4 Å². The van der Waals surface area contributed by atoms with Gasteiger partial charge in [-0.1, -0.05) is 31.5 Å². The van der Waals surface area contributed by atoms with E-state index < -0.39 is 0 Å². The third kappa shape index (κ3) is 4.68. The number of halogens is 2. The zero-order valence-corrected chi connectivity index (χ0v) is 13.1. The first kappa shape index (κ1) is 17.6. The van der Waals surface area contributed by atoms with Gasteiger partial charge in [0.15, 0.2) is 0 Å². The molecule has 0 amide bonds. The van der Waals surface area contributed by atoms with Gasteiger partial charge in [-0.15, -0.1) is 12.4 Å². The number of ether oxygens (including phenoxy) is 1. The number of hydrogen-bond acceptors (Lipinski definition) is 2. The SMILES string of the molecule is CCOc1c(Cl)cc(C(C)C)cc1CC(C)N.Cl. The van der Waals surface area contributed by atoms with Crippen molar-refractivity contribution in [2.75, 3.05) is 6.61 Å². The minimum atomic E-state index is 0. The fraction of sp³-hybridized carbons (Fsp3) is 0.571. The fourth-order valence-electron chi connectivity index (χ4n) is 1.81. The third-order valence-corrected chi connectivity index (χ3v) is 2.92. The molecule has 2 nitrogen and oxygen atoms in total. The lowest BCUT2D eigenvalue weighted by Crippen LogP contribution is -2.18. The van der Waals surface area contributed by atoms with E-state index in [0.29, 0.717) is 17.5 Å². The molecule has 0 aliphatic rings. The summed E-state index contributed by atoms with van der Waals surface area (Å²) in [5, 5.41) is 0.689. The Labute approximate surface area is 121 Å². The van der Waals surface area contributed by atoms with Crippen LogP contribution in [-0.4, -0.2) is 12.6 Å². The number of benzene rings is 1. The molecule has 0 saturated carbocycles. The first-order valence-corrected chi connectivity index (χ1v) is 6.54. The summed E-state index contributed by atoms with van der Waals surface area (Å²) in [5.41, 5.74) is 8.21.